The van der Waals surface area contributed by atoms with Crippen LogP contribution in [-0.2, 0) is 9.26 Å². The van der Waals surface area contributed by atoms with Gasteiger partial charge >= 0.3 is 0 Å². The summed E-state index contributed by atoms with van der Waals surface area (Å²) < 4.78 is 11.4. The highest BCUT2D eigenvalue weighted by molar-refractivity contribution is 7.62. The Labute approximate surface area is 129 Å². The first-order chi connectivity index (χ1) is 10.1. The molecule has 1 aromatic rings. The molecule has 0 amide bonds. The molecule has 1 aliphatic heterocycles. The number of benzene rings is 1. The van der Waals surface area contributed by atoms with E-state index in [0.717, 1.165) is 25.9 Å². The van der Waals surface area contributed by atoms with Gasteiger partial charge in [0.2, 0.25) is 0 Å². The molecular weight excluding hydrogens is 283 g/mol. The van der Waals surface area contributed by atoms with Crippen molar-refractivity contribution in [3.05, 3.63) is 24.3 Å². The molecule has 2 atom stereocenters. The molecule has 4 nitrogen and oxygen atoms in total. The average molecular weight is 310 g/mol. The van der Waals surface area contributed by atoms with E-state index >= 15 is 0 Å². The molecule has 0 bridgehead atoms. The van der Waals surface area contributed by atoms with Crippen LogP contribution in [0, 0.1) is 5.92 Å². The van der Waals surface area contributed by atoms with Crippen molar-refractivity contribution in [2.45, 2.75) is 20.0 Å². The van der Waals surface area contributed by atoms with Crippen LogP contribution >= 0.6 is 8.15 Å². The van der Waals surface area contributed by atoms with Crippen molar-refractivity contribution in [1.82, 2.24) is 0 Å². The zero-order valence-corrected chi connectivity index (χ0v) is 14.2. The van der Waals surface area contributed by atoms with Crippen LogP contribution < -0.4 is 15.9 Å². The third kappa shape index (κ3) is 4.93. The van der Waals surface area contributed by atoms with E-state index in [-0.39, 0.29) is 6.10 Å². The maximum absolute atomic E-state index is 5.78. The SMILES string of the molecule is CC(C)COCCN(C)c1ccc(P2CC(CN)O2)cc1. The first-order valence-corrected chi connectivity index (χ1v) is 9.08. The topological polar surface area (TPSA) is 47.7 Å². The summed E-state index contributed by atoms with van der Waals surface area (Å²) in [5.74, 6) is 0.594. The van der Waals surface area contributed by atoms with E-state index < -0.39 is 8.15 Å². The van der Waals surface area contributed by atoms with Gasteiger partial charge < -0.3 is 19.9 Å². The second kappa shape index (κ2) is 8.09. The average Bonchev–Trinajstić information content (AvgIpc) is 2.43. The molecule has 1 heterocycles. The maximum Gasteiger partial charge on any atom is 0.0807 e. The molecule has 1 aliphatic rings. The molecule has 0 aromatic heterocycles. The standard InChI is InChI=1S/C16H27N2O2P/c1-13(2)11-19-9-8-18(3)14-4-6-16(7-5-14)21-12-15(10-17)20-21/h4-7,13,15H,8-12,17H2,1-3H3. The quantitative estimate of drug-likeness (QED) is 0.590. The lowest BCUT2D eigenvalue weighted by atomic mass is 10.2. The van der Waals surface area contributed by atoms with Gasteiger partial charge in [-0.2, -0.15) is 0 Å². The van der Waals surface area contributed by atoms with Gasteiger partial charge in [0.1, 0.15) is 0 Å². The van der Waals surface area contributed by atoms with E-state index in [1.165, 1.54) is 11.0 Å². The number of rotatable bonds is 8. The van der Waals surface area contributed by atoms with Crippen LogP contribution in [0.15, 0.2) is 24.3 Å². The third-order valence-corrected chi connectivity index (χ3v) is 5.67. The maximum atomic E-state index is 5.78. The van der Waals surface area contributed by atoms with Gasteiger partial charge in [-0.1, -0.05) is 26.0 Å². The summed E-state index contributed by atoms with van der Waals surface area (Å²) in [5.41, 5.74) is 6.80. The van der Waals surface area contributed by atoms with Gasteiger partial charge in [0, 0.05) is 43.9 Å². The van der Waals surface area contributed by atoms with Gasteiger partial charge in [-0.25, -0.2) is 0 Å². The normalized spacial score (nSPS) is 21.4. The van der Waals surface area contributed by atoms with Gasteiger partial charge in [-0.3, -0.25) is 0 Å². The molecule has 1 fully saturated rings. The van der Waals surface area contributed by atoms with Crippen molar-refractivity contribution in [3.63, 3.8) is 0 Å². The van der Waals surface area contributed by atoms with Gasteiger partial charge in [-0.05, 0) is 18.1 Å². The molecule has 1 aromatic carbocycles. The minimum atomic E-state index is -0.414. The minimum absolute atomic E-state index is 0.275. The number of nitrogens with zero attached hydrogens (tertiary/aromatic N) is 1. The molecular formula is C16H27N2O2P. The lowest BCUT2D eigenvalue weighted by Crippen LogP contribution is -2.36. The van der Waals surface area contributed by atoms with E-state index in [1.54, 1.807) is 0 Å². The van der Waals surface area contributed by atoms with Crippen LogP contribution in [0.3, 0.4) is 0 Å². The van der Waals surface area contributed by atoms with E-state index in [4.69, 9.17) is 15.0 Å². The lowest BCUT2D eigenvalue weighted by Gasteiger charge is -2.35. The first-order valence-electron chi connectivity index (χ1n) is 7.63. The molecule has 2 N–H and O–H groups in total. The van der Waals surface area contributed by atoms with Crippen molar-refractivity contribution in [3.8, 4) is 0 Å². The van der Waals surface area contributed by atoms with Crippen LogP contribution in [0.1, 0.15) is 13.8 Å². The third-order valence-electron chi connectivity index (χ3n) is 3.51. The molecule has 0 aliphatic carbocycles. The molecule has 2 rings (SSSR count). The highest BCUT2D eigenvalue weighted by atomic mass is 31.1. The van der Waals surface area contributed by atoms with E-state index in [2.05, 4.69) is 50.1 Å². The van der Waals surface area contributed by atoms with Gasteiger partial charge in [0.05, 0.1) is 20.9 Å². The summed E-state index contributed by atoms with van der Waals surface area (Å²) in [7, 11) is 1.69. The largest absolute Gasteiger partial charge is 0.379 e. The summed E-state index contributed by atoms with van der Waals surface area (Å²) in [6, 6.07) is 8.69. The van der Waals surface area contributed by atoms with Gasteiger partial charge in [-0.15, -0.1) is 0 Å². The fraction of sp³-hybridized carbons (Fsp3) is 0.625. The zero-order chi connectivity index (χ0) is 15.2. The molecule has 118 valence electrons. The number of anilines is 1. The summed E-state index contributed by atoms with van der Waals surface area (Å²) in [4.78, 5) is 2.22. The monoisotopic (exact) mass is 310 g/mol. The number of hydrogen-bond acceptors (Lipinski definition) is 4. The predicted octanol–water partition coefficient (Wildman–Crippen LogP) is 2.18. The fourth-order valence-corrected chi connectivity index (χ4v) is 3.93. The van der Waals surface area contributed by atoms with Crippen molar-refractivity contribution in [1.29, 1.82) is 0 Å². The second-order valence-electron chi connectivity index (χ2n) is 5.93. The molecule has 0 spiro atoms. The van der Waals surface area contributed by atoms with E-state index in [9.17, 15) is 0 Å². The number of nitrogens with two attached hydrogens (primary N) is 1. The van der Waals surface area contributed by atoms with Crippen molar-refractivity contribution in [2.75, 3.05) is 44.4 Å². The Morgan fingerprint density at radius 3 is 2.62 bits per heavy atom. The van der Waals surface area contributed by atoms with E-state index in [1.807, 2.05) is 0 Å². The number of likely N-dealkylation sites (N-methyl/N-ethyl adjacent to an activating group) is 1. The number of hydrogen-bond donors (Lipinski definition) is 1. The van der Waals surface area contributed by atoms with Crippen LogP contribution in [0.25, 0.3) is 0 Å². The van der Waals surface area contributed by atoms with Crippen LogP contribution in [0.5, 0.6) is 0 Å². The lowest BCUT2D eigenvalue weighted by molar-refractivity contribution is 0.116. The Kier molecular flexibility index (Phi) is 6.43. The Morgan fingerprint density at radius 1 is 1.38 bits per heavy atom. The minimum Gasteiger partial charge on any atom is -0.379 e. The molecule has 21 heavy (non-hydrogen) atoms. The highest BCUT2D eigenvalue weighted by Crippen LogP contribution is 2.47. The summed E-state index contributed by atoms with van der Waals surface area (Å²) in [6.07, 6.45) is 1.38. The van der Waals surface area contributed by atoms with Crippen molar-refractivity contribution < 1.29 is 9.26 Å². The van der Waals surface area contributed by atoms with Crippen molar-refractivity contribution >= 4 is 19.1 Å². The smallest absolute Gasteiger partial charge is 0.0807 e. The summed E-state index contributed by atoms with van der Waals surface area (Å²) >= 11 is 0. The van der Waals surface area contributed by atoms with E-state index in [0.29, 0.717) is 12.5 Å². The van der Waals surface area contributed by atoms with Gasteiger partial charge in [0.15, 0.2) is 0 Å². The molecule has 5 heteroatoms. The van der Waals surface area contributed by atoms with Crippen LogP contribution in [-0.4, -0.2) is 45.6 Å². The zero-order valence-electron chi connectivity index (χ0n) is 13.3. The van der Waals surface area contributed by atoms with Crippen LogP contribution in [0.4, 0.5) is 5.69 Å². The second-order valence-corrected chi connectivity index (χ2v) is 7.78. The molecule has 0 radical (unpaired) electrons. The molecule has 0 saturated carbocycles. The highest BCUT2D eigenvalue weighted by Gasteiger charge is 2.30. The molecule has 1 saturated heterocycles. The number of ether oxygens (including phenoxy) is 1. The fourth-order valence-electron chi connectivity index (χ4n) is 2.16. The Morgan fingerprint density at radius 2 is 2.05 bits per heavy atom. The van der Waals surface area contributed by atoms with Gasteiger partial charge in [0.25, 0.3) is 0 Å². The molecule has 2 unspecified atom stereocenters. The summed E-state index contributed by atoms with van der Waals surface area (Å²) in [6.45, 7) is 7.48. The van der Waals surface area contributed by atoms with Crippen LogP contribution in [0.2, 0.25) is 0 Å². The van der Waals surface area contributed by atoms with Crippen molar-refractivity contribution in [2.24, 2.45) is 11.7 Å². The Hall–Kier alpha value is -0.670. The Bertz CT molecular complexity index is 419. The predicted molar refractivity (Wildman–Crippen MR) is 90.7 cm³/mol. The summed E-state index contributed by atoms with van der Waals surface area (Å²) in [5, 5.41) is 1.31. The Balaban J connectivity index is 1.76. The first kappa shape index (κ1) is 16.7.